The lowest BCUT2D eigenvalue weighted by Crippen LogP contribution is -2.30. The molecule has 1 rings (SSSR count). The molecule has 1 amide bonds. The second-order valence-corrected chi connectivity index (χ2v) is 4.72. The van der Waals surface area contributed by atoms with E-state index in [9.17, 15) is 14.0 Å². The monoisotopic (exact) mass is 267 g/mol. The first-order valence-electron chi connectivity index (χ1n) is 6.15. The van der Waals surface area contributed by atoms with Crippen LogP contribution in [0.15, 0.2) is 24.3 Å². The van der Waals surface area contributed by atoms with Crippen molar-refractivity contribution >= 4 is 11.9 Å². The summed E-state index contributed by atoms with van der Waals surface area (Å²) in [5.41, 5.74) is 0.673. The highest BCUT2D eigenvalue weighted by atomic mass is 19.1. The third-order valence-corrected chi connectivity index (χ3v) is 2.93. The van der Waals surface area contributed by atoms with Crippen molar-refractivity contribution in [2.24, 2.45) is 11.8 Å². The normalized spacial score (nSPS) is 13.6. The summed E-state index contributed by atoms with van der Waals surface area (Å²) in [4.78, 5) is 22.5. The van der Waals surface area contributed by atoms with Crippen LogP contribution in [0.5, 0.6) is 0 Å². The number of rotatable bonds is 6. The number of nitrogens with one attached hydrogen (secondary N) is 1. The highest BCUT2D eigenvalue weighted by Gasteiger charge is 2.20. The zero-order valence-corrected chi connectivity index (χ0v) is 11.0. The molecule has 1 aromatic carbocycles. The van der Waals surface area contributed by atoms with E-state index in [4.69, 9.17) is 5.11 Å². The molecule has 104 valence electrons. The van der Waals surface area contributed by atoms with Crippen molar-refractivity contribution in [1.82, 2.24) is 5.32 Å². The zero-order chi connectivity index (χ0) is 14.4. The molecule has 4 nitrogen and oxygen atoms in total. The molecule has 0 heterocycles. The number of carboxylic acids is 1. The number of amides is 1. The van der Waals surface area contributed by atoms with Gasteiger partial charge in [0.05, 0.1) is 5.92 Å². The Morgan fingerprint density at radius 2 is 2.00 bits per heavy atom. The van der Waals surface area contributed by atoms with Gasteiger partial charge in [0.1, 0.15) is 5.82 Å². The number of carbonyl (C=O) groups is 2. The van der Waals surface area contributed by atoms with Crippen molar-refractivity contribution in [3.05, 3.63) is 35.6 Å². The lowest BCUT2D eigenvalue weighted by molar-refractivity contribution is -0.142. The van der Waals surface area contributed by atoms with Crippen molar-refractivity contribution in [3.8, 4) is 0 Å². The van der Waals surface area contributed by atoms with E-state index in [-0.39, 0.29) is 30.6 Å². The van der Waals surface area contributed by atoms with Gasteiger partial charge in [-0.3, -0.25) is 9.59 Å². The summed E-state index contributed by atoms with van der Waals surface area (Å²) in [6.45, 7) is 3.49. The molecule has 0 aliphatic rings. The van der Waals surface area contributed by atoms with Crippen LogP contribution in [0.25, 0.3) is 0 Å². The van der Waals surface area contributed by atoms with Crippen molar-refractivity contribution in [1.29, 1.82) is 0 Å². The minimum absolute atomic E-state index is 0.225. The van der Waals surface area contributed by atoms with Gasteiger partial charge in [-0.25, -0.2) is 4.39 Å². The van der Waals surface area contributed by atoms with Crippen molar-refractivity contribution < 1.29 is 19.1 Å². The molecule has 5 heteroatoms. The Kier molecular flexibility index (Phi) is 5.48. The zero-order valence-electron chi connectivity index (χ0n) is 11.0. The fourth-order valence-electron chi connectivity index (χ4n) is 1.75. The van der Waals surface area contributed by atoms with Gasteiger partial charge in [-0.15, -0.1) is 0 Å². The van der Waals surface area contributed by atoms with Gasteiger partial charge in [0.25, 0.3) is 0 Å². The first-order valence-corrected chi connectivity index (χ1v) is 6.15. The predicted molar refractivity (Wildman–Crippen MR) is 68.8 cm³/mol. The van der Waals surface area contributed by atoms with Crippen molar-refractivity contribution in [2.45, 2.75) is 26.8 Å². The average molecular weight is 267 g/mol. The van der Waals surface area contributed by atoms with Crippen LogP contribution < -0.4 is 5.32 Å². The standard InChI is InChI=1S/C14H18FNO3/c1-9(6-10(2)14(18)19)13(17)16-8-11-4-3-5-12(15)7-11/h3-5,7,9-10H,6,8H2,1-2H3,(H,16,17)(H,18,19). The number of aliphatic carboxylic acids is 1. The highest BCUT2D eigenvalue weighted by molar-refractivity contribution is 5.79. The van der Waals surface area contributed by atoms with Crippen LogP contribution in [-0.4, -0.2) is 17.0 Å². The number of halogens is 1. The summed E-state index contributed by atoms with van der Waals surface area (Å²) >= 11 is 0. The number of carbonyl (C=O) groups excluding carboxylic acids is 1. The van der Waals surface area contributed by atoms with E-state index in [2.05, 4.69) is 5.32 Å². The van der Waals surface area contributed by atoms with Gasteiger partial charge in [-0.05, 0) is 24.1 Å². The molecule has 0 fully saturated rings. The third kappa shape index (κ3) is 5.07. The van der Waals surface area contributed by atoms with Gasteiger partial charge in [-0.2, -0.15) is 0 Å². The average Bonchev–Trinajstić information content (AvgIpc) is 2.35. The molecule has 0 aromatic heterocycles. The molecule has 0 radical (unpaired) electrons. The quantitative estimate of drug-likeness (QED) is 0.830. The molecule has 1 aromatic rings. The first-order chi connectivity index (χ1) is 8.90. The summed E-state index contributed by atoms with van der Waals surface area (Å²) in [5.74, 6) is -2.43. The van der Waals surface area contributed by atoms with Crippen LogP contribution in [0, 0.1) is 17.7 Å². The molecule has 2 N–H and O–H groups in total. The SMILES string of the molecule is CC(CC(C)C(=O)NCc1cccc(F)c1)C(=O)O. The Labute approximate surface area is 111 Å². The lowest BCUT2D eigenvalue weighted by atomic mass is 9.97. The number of benzene rings is 1. The maximum Gasteiger partial charge on any atom is 0.306 e. The van der Waals surface area contributed by atoms with E-state index in [0.29, 0.717) is 5.56 Å². The van der Waals surface area contributed by atoms with Gasteiger partial charge >= 0.3 is 5.97 Å². The van der Waals surface area contributed by atoms with Gasteiger partial charge in [0, 0.05) is 12.5 Å². The number of carboxylic acid groups (broad SMARTS) is 1. The molecular formula is C14H18FNO3. The van der Waals surface area contributed by atoms with Crippen LogP contribution in [-0.2, 0) is 16.1 Å². The molecule has 0 bridgehead atoms. The van der Waals surface area contributed by atoms with E-state index < -0.39 is 11.9 Å². The van der Waals surface area contributed by atoms with E-state index in [0.717, 1.165) is 0 Å². The van der Waals surface area contributed by atoms with E-state index >= 15 is 0 Å². The summed E-state index contributed by atoms with van der Waals surface area (Å²) in [6, 6.07) is 5.98. The number of hydrogen-bond donors (Lipinski definition) is 2. The Bertz CT molecular complexity index is 462. The molecule has 0 aliphatic heterocycles. The van der Waals surface area contributed by atoms with Crippen LogP contribution in [0.1, 0.15) is 25.8 Å². The van der Waals surface area contributed by atoms with Crippen molar-refractivity contribution in [3.63, 3.8) is 0 Å². The molecule has 0 aliphatic carbocycles. The van der Waals surface area contributed by atoms with Crippen LogP contribution in [0.3, 0.4) is 0 Å². The Balaban J connectivity index is 2.44. The summed E-state index contributed by atoms with van der Waals surface area (Å²) < 4.78 is 12.9. The molecular weight excluding hydrogens is 249 g/mol. The van der Waals surface area contributed by atoms with Crippen LogP contribution in [0.4, 0.5) is 4.39 Å². The molecule has 2 unspecified atom stereocenters. The topological polar surface area (TPSA) is 66.4 Å². The van der Waals surface area contributed by atoms with Crippen LogP contribution >= 0.6 is 0 Å². The first kappa shape index (κ1) is 15.1. The summed E-state index contributed by atoms with van der Waals surface area (Å²) in [5, 5.41) is 11.4. The Morgan fingerprint density at radius 3 is 2.58 bits per heavy atom. The number of hydrogen-bond acceptors (Lipinski definition) is 2. The van der Waals surface area contributed by atoms with Gasteiger partial charge in [0.2, 0.25) is 5.91 Å². The molecule has 19 heavy (non-hydrogen) atoms. The second kappa shape index (κ2) is 6.87. The lowest BCUT2D eigenvalue weighted by Gasteiger charge is -2.14. The van der Waals surface area contributed by atoms with Crippen LogP contribution in [0.2, 0.25) is 0 Å². The van der Waals surface area contributed by atoms with E-state index in [1.165, 1.54) is 12.1 Å². The van der Waals surface area contributed by atoms with Gasteiger partial charge in [-0.1, -0.05) is 26.0 Å². The Hall–Kier alpha value is -1.91. The van der Waals surface area contributed by atoms with Crippen molar-refractivity contribution in [2.75, 3.05) is 0 Å². The predicted octanol–water partition coefficient (Wildman–Crippen LogP) is 2.19. The van der Waals surface area contributed by atoms with Gasteiger partial charge in [0.15, 0.2) is 0 Å². The molecule has 0 saturated heterocycles. The van der Waals surface area contributed by atoms with E-state index in [1.807, 2.05) is 0 Å². The maximum atomic E-state index is 12.9. The largest absolute Gasteiger partial charge is 0.481 e. The highest BCUT2D eigenvalue weighted by Crippen LogP contribution is 2.12. The molecule has 2 atom stereocenters. The summed E-state index contributed by atoms with van der Waals surface area (Å²) in [7, 11) is 0. The second-order valence-electron chi connectivity index (χ2n) is 4.72. The minimum atomic E-state index is -0.912. The minimum Gasteiger partial charge on any atom is -0.481 e. The van der Waals surface area contributed by atoms with E-state index in [1.54, 1.807) is 26.0 Å². The smallest absolute Gasteiger partial charge is 0.306 e. The van der Waals surface area contributed by atoms with Gasteiger partial charge < -0.3 is 10.4 Å². The summed E-state index contributed by atoms with van der Waals surface area (Å²) in [6.07, 6.45) is 0.282. The molecule has 0 spiro atoms. The maximum absolute atomic E-state index is 12.9. The fourth-order valence-corrected chi connectivity index (χ4v) is 1.75. The Morgan fingerprint density at radius 1 is 1.32 bits per heavy atom. The molecule has 0 saturated carbocycles. The fraction of sp³-hybridized carbons (Fsp3) is 0.429. The third-order valence-electron chi connectivity index (χ3n) is 2.93.